The molecule has 2 aromatic heterocycles. The fourth-order valence-corrected chi connectivity index (χ4v) is 4.19. The van der Waals surface area contributed by atoms with E-state index in [4.69, 9.17) is 4.52 Å². The topological polar surface area (TPSA) is 86.3 Å². The summed E-state index contributed by atoms with van der Waals surface area (Å²) in [6.45, 7) is 7.55. The van der Waals surface area contributed by atoms with E-state index < -0.39 is 0 Å². The van der Waals surface area contributed by atoms with E-state index in [0.29, 0.717) is 31.0 Å². The SMILES string of the molecule is Cc1ccc(C#N)c(N2C[C@@H]3CC[C@H](C2)N(Cc2c(C)noc2C)C3=O)n1. The number of carbonyl (C=O) groups excluding carboxylic acids is 1. The van der Waals surface area contributed by atoms with E-state index in [1.165, 1.54) is 0 Å². The summed E-state index contributed by atoms with van der Waals surface area (Å²) >= 11 is 0. The predicted octanol–water partition coefficient (Wildman–Crippen LogP) is 2.49. The molecule has 3 saturated heterocycles. The Kier molecular flexibility index (Phi) is 4.34. The van der Waals surface area contributed by atoms with Gasteiger partial charge >= 0.3 is 0 Å². The summed E-state index contributed by atoms with van der Waals surface area (Å²) in [6, 6.07) is 6.00. The van der Waals surface area contributed by atoms with Gasteiger partial charge in [-0.3, -0.25) is 4.79 Å². The molecule has 0 aromatic carbocycles. The van der Waals surface area contributed by atoms with Gasteiger partial charge < -0.3 is 14.3 Å². The van der Waals surface area contributed by atoms with Gasteiger partial charge in [0.15, 0.2) is 0 Å². The quantitative estimate of drug-likeness (QED) is 0.831. The van der Waals surface area contributed by atoms with Crippen molar-refractivity contribution in [3.63, 3.8) is 0 Å². The molecule has 0 N–H and O–H groups in total. The zero-order chi connectivity index (χ0) is 19.1. The van der Waals surface area contributed by atoms with Gasteiger partial charge in [0.05, 0.1) is 23.7 Å². The lowest BCUT2D eigenvalue weighted by molar-refractivity contribution is -0.140. The van der Waals surface area contributed by atoms with E-state index in [2.05, 4.69) is 21.1 Å². The second-order valence-electron chi connectivity index (χ2n) is 7.54. The number of nitrogens with zero attached hydrogens (tertiary/aromatic N) is 5. The number of fused-ring (bicyclic) bond motifs is 4. The molecule has 0 radical (unpaired) electrons. The first kappa shape index (κ1) is 17.5. The van der Waals surface area contributed by atoms with Crippen LogP contribution in [0.25, 0.3) is 0 Å². The minimum atomic E-state index is -0.0712. The lowest BCUT2D eigenvalue weighted by Crippen LogP contribution is -2.47. The standard InChI is InChI=1S/C20H23N5O2/c1-12-4-5-15(8-21)19(22-12)24-9-16-6-7-17(10-24)25(20(16)26)11-18-13(2)23-27-14(18)3/h4-5,16-17H,6-7,9-11H2,1-3H3/t16-,17+/m0/s1. The summed E-state index contributed by atoms with van der Waals surface area (Å²) < 4.78 is 5.27. The maximum atomic E-state index is 13.1. The Balaban J connectivity index is 1.65. The molecule has 2 aromatic rings. The highest BCUT2D eigenvalue weighted by molar-refractivity contribution is 5.81. The van der Waals surface area contributed by atoms with Gasteiger partial charge in [0, 0.05) is 30.4 Å². The van der Waals surface area contributed by atoms with Crippen LogP contribution in [-0.2, 0) is 11.3 Å². The van der Waals surface area contributed by atoms with Crippen LogP contribution >= 0.6 is 0 Å². The molecule has 3 aliphatic rings. The largest absolute Gasteiger partial charge is 0.361 e. The number of aromatic nitrogens is 2. The monoisotopic (exact) mass is 365 g/mol. The molecule has 2 atom stereocenters. The van der Waals surface area contributed by atoms with Crippen molar-refractivity contribution in [3.8, 4) is 6.07 Å². The van der Waals surface area contributed by atoms with E-state index >= 15 is 0 Å². The van der Waals surface area contributed by atoms with Gasteiger partial charge in [-0.2, -0.15) is 5.26 Å². The normalized spacial score (nSPS) is 22.1. The second kappa shape index (κ2) is 6.69. The highest BCUT2D eigenvalue weighted by Crippen LogP contribution is 2.33. The fourth-order valence-electron chi connectivity index (χ4n) is 4.19. The van der Waals surface area contributed by atoms with Crippen molar-refractivity contribution in [3.05, 3.63) is 40.4 Å². The Bertz CT molecular complexity index is 909. The third-order valence-electron chi connectivity index (χ3n) is 5.74. The number of hydrogen-bond donors (Lipinski definition) is 0. The van der Waals surface area contributed by atoms with Gasteiger partial charge in [0.2, 0.25) is 5.91 Å². The molecular formula is C20H23N5O2. The third kappa shape index (κ3) is 3.05. The van der Waals surface area contributed by atoms with Crippen molar-refractivity contribution in [1.82, 2.24) is 15.0 Å². The zero-order valence-electron chi connectivity index (χ0n) is 15.9. The number of carbonyl (C=O) groups is 1. The molecular weight excluding hydrogens is 342 g/mol. The number of anilines is 1. The fraction of sp³-hybridized carbons (Fsp3) is 0.500. The third-order valence-corrected chi connectivity index (χ3v) is 5.74. The van der Waals surface area contributed by atoms with E-state index in [-0.39, 0.29) is 17.9 Å². The number of pyridine rings is 1. The van der Waals surface area contributed by atoms with E-state index in [0.717, 1.165) is 35.6 Å². The van der Waals surface area contributed by atoms with Crippen LogP contribution in [0.15, 0.2) is 16.7 Å². The molecule has 27 heavy (non-hydrogen) atoms. The Hall–Kier alpha value is -2.88. The van der Waals surface area contributed by atoms with Gasteiger partial charge in [-0.25, -0.2) is 4.98 Å². The minimum absolute atomic E-state index is 0.0712. The number of amides is 1. The molecule has 0 aliphatic carbocycles. The molecule has 0 spiro atoms. The predicted molar refractivity (Wildman–Crippen MR) is 98.9 cm³/mol. The van der Waals surface area contributed by atoms with E-state index in [1.54, 1.807) is 0 Å². The van der Waals surface area contributed by atoms with Crippen LogP contribution in [-0.4, -0.2) is 40.1 Å². The van der Waals surface area contributed by atoms with Crippen molar-refractivity contribution in [2.45, 2.75) is 46.2 Å². The molecule has 7 heteroatoms. The van der Waals surface area contributed by atoms with Gasteiger partial charge in [-0.05, 0) is 45.7 Å². The molecule has 140 valence electrons. The maximum absolute atomic E-state index is 13.1. The van der Waals surface area contributed by atoms with Crippen molar-refractivity contribution in [2.75, 3.05) is 18.0 Å². The van der Waals surface area contributed by atoms with Gasteiger partial charge in [-0.1, -0.05) is 5.16 Å². The summed E-state index contributed by atoms with van der Waals surface area (Å²) in [4.78, 5) is 21.8. The van der Waals surface area contributed by atoms with Crippen LogP contribution in [0, 0.1) is 38.0 Å². The van der Waals surface area contributed by atoms with Crippen molar-refractivity contribution in [1.29, 1.82) is 5.26 Å². The molecule has 0 saturated carbocycles. The van der Waals surface area contributed by atoms with Crippen LogP contribution in [0.1, 0.15) is 41.1 Å². The highest BCUT2D eigenvalue weighted by Gasteiger charge is 2.41. The number of nitriles is 1. The van der Waals surface area contributed by atoms with Gasteiger partial charge in [0.1, 0.15) is 17.6 Å². The van der Waals surface area contributed by atoms with Crippen LogP contribution in [0.4, 0.5) is 5.82 Å². The molecule has 1 amide bonds. The van der Waals surface area contributed by atoms with Gasteiger partial charge in [-0.15, -0.1) is 0 Å². The molecule has 5 heterocycles. The average molecular weight is 365 g/mol. The Morgan fingerprint density at radius 3 is 2.78 bits per heavy atom. The molecule has 5 rings (SSSR count). The smallest absolute Gasteiger partial charge is 0.228 e. The van der Waals surface area contributed by atoms with Crippen LogP contribution < -0.4 is 4.90 Å². The Labute approximate surface area is 158 Å². The number of piperidine rings is 1. The molecule has 3 aliphatic heterocycles. The number of rotatable bonds is 3. The van der Waals surface area contributed by atoms with Crippen LogP contribution in [0.3, 0.4) is 0 Å². The van der Waals surface area contributed by atoms with E-state index in [1.807, 2.05) is 37.8 Å². The summed E-state index contributed by atoms with van der Waals surface area (Å²) in [5.41, 5.74) is 3.27. The first-order valence-electron chi connectivity index (χ1n) is 9.33. The average Bonchev–Trinajstić information content (AvgIpc) is 2.83. The van der Waals surface area contributed by atoms with Crippen molar-refractivity contribution >= 4 is 11.7 Å². The van der Waals surface area contributed by atoms with Crippen molar-refractivity contribution < 1.29 is 9.32 Å². The Morgan fingerprint density at radius 2 is 2.07 bits per heavy atom. The number of aryl methyl sites for hydroxylation is 3. The lowest BCUT2D eigenvalue weighted by atomic mass is 9.93. The zero-order valence-corrected chi connectivity index (χ0v) is 15.9. The summed E-state index contributed by atoms with van der Waals surface area (Å²) in [5.74, 6) is 1.57. The second-order valence-corrected chi connectivity index (χ2v) is 7.54. The van der Waals surface area contributed by atoms with E-state index in [9.17, 15) is 10.1 Å². The summed E-state index contributed by atoms with van der Waals surface area (Å²) in [7, 11) is 0. The first-order chi connectivity index (χ1) is 13.0. The van der Waals surface area contributed by atoms with Crippen LogP contribution in [0.5, 0.6) is 0 Å². The maximum Gasteiger partial charge on any atom is 0.228 e. The summed E-state index contributed by atoms with van der Waals surface area (Å²) in [6.07, 6.45) is 1.84. The van der Waals surface area contributed by atoms with Crippen LogP contribution in [0.2, 0.25) is 0 Å². The molecule has 3 fully saturated rings. The molecule has 7 nitrogen and oxygen atoms in total. The lowest BCUT2D eigenvalue weighted by Gasteiger charge is -2.35. The Morgan fingerprint density at radius 1 is 1.26 bits per heavy atom. The summed E-state index contributed by atoms with van der Waals surface area (Å²) in [5, 5.41) is 13.5. The molecule has 0 unspecified atom stereocenters. The highest BCUT2D eigenvalue weighted by atomic mass is 16.5. The first-order valence-corrected chi connectivity index (χ1v) is 9.33. The van der Waals surface area contributed by atoms with Crippen molar-refractivity contribution in [2.24, 2.45) is 5.92 Å². The van der Waals surface area contributed by atoms with Gasteiger partial charge in [0.25, 0.3) is 0 Å². The molecule has 2 bridgehead atoms. The minimum Gasteiger partial charge on any atom is -0.361 e. The number of hydrogen-bond acceptors (Lipinski definition) is 6.